The molecule has 1 aliphatic heterocycles. The van der Waals surface area contributed by atoms with Crippen LogP contribution >= 0.6 is 0 Å². The number of aromatic nitrogens is 3. The molecule has 3 aromatic heterocycles. The van der Waals surface area contributed by atoms with Gasteiger partial charge >= 0.3 is 0 Å². The summed E-state index contributed by atoms with van der Waals surface area (Å²) in [4.78, 5) is 36.5. The van der Waals surface area contributed by atoms with Crippen LogP contribution in [0.25, 0.3) is 10.9 Å². The Bertz CT molecular complexity index is 1520. The van der Waals surface area contributed by atoms with Crippen molar-refractivity contribution in [2.24, 2.45) is 7.05 Å². The zero-order valence-corrected chi connectivity index (χ0v) is 21.1. The second-order valence-electron chi connectivity index (χ2n) is 9.61. The number of nitrogens with zero attached hydrogens (tertiary/aromatic N) is 5. The van der Waals surface area contributed by atoms with Gasteiger partial charge in [0.1, 0.15) is 5.69 Å². The SMILES string of the molecule is CCc1ncccc1C(=O)N1CCC(c2cn(C)c3ccc(CC(=O)c4cc(C#N)ccn4)cc23)CC1. The van der Waals surface area contributed by atoms with Crippen molar-refractivity contribution in [1.82, 2.24) is 19.4 Å². The minimum atomic E-state index is -0.109. The lowest BCUT2D eigenvalue weighted by Gasteiger charge is -2.32. The number of hydrogen-bond acceptors (Lipinski definition) is 5. The Morgan fingerprint density at radius 2 is 1.89 bits per heavy atom. The van der Waals surface area contributed by atoms with E-state index in [1.54, 1.807) is 18.3 Å². The Morgan fingerprint density at radius 1 is 1.08 bits per heavy atom. The van der Waals surface area contributed by atoms with E-state index in [-0.39, 0.29) is 18.1 Å². The molecular weight excluding hydrogens is 462 g/mol. The van der Waals surface area contributed by atoms with Gasteiger partial charge in [-0.15, -0.1) is 0 Å². The number of aryl methyl sites for hydroxylation is 2. The Morgan fingerprint density at radius 3 is 2.65 bits per heavy atom. The van der Waals surface area contributed by atoms with E-state index in [1.807, 2.05) is 37.1 Å². The van der Waals surface area contributed by atoms with Crippen molar-refractivity contribution in [2.75, 3.05) is 13.1 Å². The fourth-order valence-corrected chi connectivity index (χ4v) is 5.31. The summed E-state index contributed by atoms with van der Waals surface area (Å²) < 4.78 is 2.13. The number of piperidine rings is 1. The fraction of sp³-hybridized carbons (Fsp3) is 0.300. The molecule has 0 atom stereocenters. The average molecular weight is 492 g/mol. The molecule has 7 nitrogen and oxygen atoms in total. The average Bonchev–Trinajstić information content (AvgIpc) is 3.28. The van der Waals surface area contributed by atoms with Crippen LogP contribution in [0.15, 0.2) is 61.1 Å². The van der Waals surface area contributed by atoms with Gasteiger partial charge in [-0.2, -0.15) is 5.26 Å². The number of benzene rings is 1. The van der Waals surface area contributed by atoms with Crippen LogP contribution in [0.5, 0.6) is 0 Å². The number of ketones is 1. The maximum absolute atomic E-state index is 13.2. The highest BCUT2D eigenvalue weighted by atomic mass is 16.2. The second kappa shape index (κ2) is 10.4. The number of pyridine rings is 2. The van der Waals surface area contributed by atoms with Crippen LogP contribution in [0.2, 0.25) is 0 Å². The van der Waals surface area contributed by atoms with Gasteiger partial charge in [0.15, 0.2) is 5.78 Å². The third kappa shape index (κ3) is 4.88. The molecule has 1 fully saturated rings. The van der Waals surface area contributed by atoms with E-state index >= 15 is 0 Å². The summed E-state index contributed by atoms with van der Waals surface area (Å²) in [6, 6.07) is 15.1. The van der Waals surface area contributed by atoms with Gasteiger partial charge in [-0.25, -0.2) is 0 Å². The van der Waals surface area contributed by atoms with Crippen molar-refractivity contribution in [3.05, 3.63) is 94.7 Å². The monoisotopic (exact) mass is 491 g/mol. The predicted octanol–water partition coefficient (Wildman–Crippen LogP) is 4.85. The van der Waals surface area contributed by atoms with Crippen LogP contribution in [0.4, 0.5) is 0 Å². The van der Waals surface area contributed by atoms with Crippen LogP contribution in [-0.4, -0.2) is 44.2 Å². The van der Waals surface area contributed by atoms with Crippen molar-refractivity contribution in [2.45, 2.75) is 38.5 Å². The normalized spacial score (nSPS) is 14.0. The Hall–Kier alpha value is -4.31. The third-order valence-corrected chi connectivity index (χ3v) is 7.30. The van der Waals surface area contributed by atoms with E-state index in [1.165, 1.54) is 11.8 Å². The van der Waals surface area contributed by atoms with Gasteiger partial charge in [-0.1, -0.05) is 13.0 Å². The van der Waals surface area contributed by atoms with Gasteiger partial charge in [0.05, 0.1) is 22.9 Å². The van der Waals surface area contributed by atoms with Gasteiger partial charge in [-0.05, 0) is 72.7 Å². The van der Waals surface area contributed by atoms with E-state index in [2.05, 4.69) is 38.9 Å². The predicted molar refractivity (Wildman–Crippen MR) is 141 cm³/mol. The topological polar surface area (TPSA) is 91.9 Å². The molecule has 0 aliphatic carbocycles. The zero-order chi connectivity index (χ0) is 25.9. The van der Waals surface area contributed by atoms with E-state index in [4.69, 9.17) is 5.26 Å². The molecule has 0 unspecified atom stereocenters. The lowest BCUT2D eigenvalue weighted by molar-refractivity contribution is 0.0711. The minimum absolute atomic E-state index is 0.0659. The molecule has 5 rings (SSSR count). The Labute approximate surface area is 216 Å². The molecule has 4 heterocycles. The first-order chi connectivity index (χ1) is 18.0. The molecule has 7 heteroatoms. The standard InChI is InChI=1S/C30H29N5O2/c1-3-26-23(5-4-11-32-26)30(37)35-13-9-22(10-14-35)25-19-34(2)28-7-6-20(15-24(25)28)17-29(36)27-16-21(18-31)8-12-33-27/h4-8,11-12,15-16,19,22H,3,9-10,13-14,17H2,1-2H3. The first-order valence-electron chi connectivity index (χ1n) is 12.7. The number of rotatable bonds is 6. The summed E-state index contributed by atoms with van der Waals surface area (Å²) in [5, 5.41) is 10.3. The van der Waals surface area contributed by atoms with Gasteiger partial charge < -0.3 is 9.47 Å². The van der Waals surface area contributed by atoms with Crippen molar-refractivity contribution < 1.29 is 9.59 Å². The van der Waals surface area contributed by atoms with E-state index in [9.17, 15) is 9.59 Å². The summed E-state index contributed by atoms with van der Waals surface area (Å²) in [6.45, 7) is 3.43. The summed E-state index contributed by atoms with van der Waals surface area (Å²) >= 11 is 0. The number of Topliss-reactive ketones (excluding diaryl/α,β-unsaturated/α-hetero) is 1. The molecule has 37 heavy (non-hydrogen) atoms. The molecule has 1 saturated heterocycles. The van der Waals surface area contributed by atoms with Gasteiger partial charge in [0.25, 0.3) is 5.91 Å². The molecule has 1 amide bonds. The molecule has 186 valence electrons. The molecule has 0 saturated carbocycles. The molecule has 0 spiro atoms. The Balaban J connectivity index is 1.33. The highest BCUT2D eigenvalue weighted by molar-refractivity contribution is 5.97. The van der Waals surface area contributed by atoms with Crippen LogP contribution in [0.1, 0.15) is 68.9 Å². The number of nitriles is 1. The maximum atomic E-state index is 13.2. The maximum Gasteiger partial charge on any atom is 0.255 e. The van der Waals surface area contributed by atoms with Crippen molar-refractivity contribution in [3.63, 3.8) is 0 Å². The minimum Gasteiger partial charge on any atom is -0.350 e. The van der Waals surface area contributed by atoms with Gasteiger partial charge in [0.2, 0.25) is 0 Å². The quantitative estimate of drug-likeness (QED) is 0.360. The van der Waals surface area contributed by atoms with Gasteiger partial charge in [-0.3, -0.25) is 19.6 Å². The molecule has 0 radical (unpaired) electrons. The number of hydrogen-bond donors (Lipinski definition) is 0. The van der Waals surface area contributed by atoms with E-state index in [0.29, 0.717) is 35.8 Å². The van der Waals surface area contributed by atoms with E-state index in [0.717, 1.165) is 41.4 Å². The van der Waals surface area contributed by atoms with E-state index < -0.39 is 0 Å². The largest absolute Gasteiger partial charge is 0.350 e. The smallest absolute Gasteiger partial charge is 0.255 e. The first-order valence-corrected chi connectivity index (χ1v) is 12.7. The first kappa shape index (κ1) is 24.4. The lowest BCUT2D eigenvalue weighted by atomic mass is 9.88. The number of carbonyl (C=O) groups excluding carboxylic acids is 2. The van der Waals surface area contributed by atoms with Crippen LogP contribution in [0, 0.1) is 11.3 Å². The van der Waals surface area contributed by atoms with Crippen LogP contribution in [0.3, 0.4) is 0 Å². The number of amides is 1. The summed E-state index contributed by atoms with van der Waals surface area (Å²) in [5.41, 5.74) is 5.60. The fourth-order valence-electron chi connectivity index (χ4n) is 5.31. The summed E-state index contributed by atoms with van der Waals surface area (Å²) in [5.74, 6) is 0.297. The Kier molecular flexibility index (Phi) is 6.82. The molecule has 0 N–H and O–H groups in total. The van der Waals surface area contributed by atoms with Gasteiger partial charge in [0, 0.05) is 56.1 Å². The van der Waals surface area contributed by atoms with Crippen molar-refractivity contribution >= 4 is 22.6 Å². The number of fused-ring (bicyclic) bond motifs is 1. The van der Waals surface area contributed by atoms with Crippen LogP contribution in [-0.2, 0) is 19.9 Å². The van der Waals surface area contributed by atoms with Crippen LogP contribution < -0.4 is 0 Å². The number of carbonyl (C=O) groups is 2. The molecule has 0 bridgehead atoms. The molecule has 1 aromatic carbocycles. The lowest BCUT2D eigenvalue weighted by Crippen LogP contribution is -2.38. The highest BCUT2D eigenvalue weighted by Gasteiger charge is 2.27. The molecular formula is C30H29N5O2. The third-order valence-electron chi connectivity index (χ3n) is 7.30. The van der Waals surface area contributed by atoms with Crippen molar-refractivity contribution in [1.29, 1.82) is 5.26 Å². The zero-order valence-electron chi connectivity index (χ0n) is 21.1. The second-order valence-corrected chi connectivity index (χ2v) is 9.61. The summed E-state index contributed by atoms with van der Waals surface area (Å²) in [6.07, 6.45) is 8.17. The number of likely N-dealkylation sites (tertiary alicyclic amines) is 1. The molecule has 1 aliphatic rings. The summed E-state index contributed by atoms with van der Waals surface area (Å²) in [7, 11) is 2.04. The molecule has 4 aromatic rings. The van der Waals surface area contributed by atoms with Crippen molar-refractivity contribution in [3.8, 4) is 6.07 Å². The highest BCUT2D eigenvalue weighted by Crippen LogP contribution is 2.35.